The van der Waals surface area contributed by atoms with E-state index in [1.807, 2.05) is 44.2 Å². The van der Waals surface area contributed by atoms with Crippen LogP contribution in [0.3, 0.4) is 0 Å². The number of benzene rings is 1. The minimum absolute atomic E-state index is 0.00393. The van der Waals surface area contributed by atoms with E-state index in [0.29, 0.717) is 5.56 Å². The first-order valence-corrected chi connectivity index (χ1v) is 4.38. The van der Waals surface area contributed by atoms with Gasteiger partial charge < -0.3 is 0 Å². The Morgan fingerprint density at radius 1 is 1.43 bits per heavy atom. The van der Waals surface area contributed by atoms with Crippen molar-refractivity contribution in [3.63, 3.8) is 0 Å². The van der Waals surface area contributed by atoms with Gasteiger partial charge in [0.1, 0.15) is 0 Å². The topological polar surface area (TPSA) is 60.1 Å². The molecule has 3 heteroatoms. The number of nitrogens with zero attached hydrogens (tertiary/aromatic N) is 1. The first-order chi connectivity index (χ1) is 6.69. The van der Waals surface area contributed by atoms with Crippen molar-refractivity contribution in [3.05, 3.63) is 41.0 Å². The highest BCUT2D eigenvalue weighted by molar-refractivity contribution is 5.97. The van der Waals surface area contributed by atoms with Crippen LogP contribution in [0.5, 0.6) is 0 Å². The average Bonchev–Trinajstić information content (AvgIpc) is 2.20. The van der Waals surface area contributed by atoms with Crippen LogP contribution in [-0.2, 0) is 0 Å². The minimum atomic E-state index is -0.00393. The molecule has 0 atom stereocenters. The molecule has 0 aliphatic rings. The molecule has 0 aromatic heterocycles. The van der Waals surface area contributed by atoms with Crippen LogP contribution in [0.25, 0.3) is 6.08 Å². The number of hydrogen-bond acceptors (Lipinski definition) is 2. The summed E-state index contributed by atoms with van der Waals surface area (Å²) in [7, 11) is 0. The Balaban J connectivity index is 3.18. The zero-order chi connectivity index (χ0) is 10.6. The van der Waals surface area contributed by atoms with E-state index < -0.39 is 0 Å². The molecule has 3 nitrogen and oxygen atoms in total. The van der Waals surface area contributed by atoms with Crippen LogP contribution < -0.4 is 0 Å². The number of aryl methyl sites for hydroxylation is 1. The normalized spacial score (nSPS) is 10.4. The third-order valence-electron chi connectivity index (χ3n) is 2.01. The van der Waals surface area contributed by atoms with Crippen molar-refractivity contribution in [2.24, 2.45) is 5.11 Å². The van der Waals surface area contributed by atoms with Crippen molar-refractivity contribution in [1.29, 1.82) is 10.9 Å². The molecule has 0 aliphatic carbocycles. The van der Waals surface area contributed by atoms with Crippen molar-refractivity contribution in [3.8, 4) is 0 Å². The smallest absolute Gasteiger partial charge is 0.173 e. The van der Waals surface area contributed by atoms with Crippen LogP contribution in [0.4, 0.5) is 0 Å². The Morgan fingerprint density at radius 3 is 2.71 bits per heavy atom. The molecule has 0 unspecified atom stereocenters. The van der Waals surface area contributed by atoms with Crippen molar-refractivity contribution in [2.45, 2.75) is 13.8 Å². The van der Waals surface area contributed by atoms with Gasteiger partial charge in [0.15, 0.2) is 5.84 Å². The fourth-order valence-corrected chi connectivity index (χ4v) is 1.21. The van der Waals surface area contributed by atoms with Gasteiger partial charge in [-0.15, -0.1) is 5.11 Å². The highest BCUT2D eigenvalue weighted by Gasteiger charge is 2.01. The lowest BCUT2D eigenvalue weighted by molar-refractivity contribution is 1.16. The van der Waals surface area contributed by atoms with Crippen LogP contribution in [-0.4, -0.2) is 5.84 Å². The summed E-state index contributed by atoms with van der Waals surface area (Å²) in [5, 5.41) is 10.5. The van der Waals surface area contributed by atoms with Gasteiger partial charge in [0, 0.05) is 5.56 Å². The fraction of sp³-hybridized carbons (Fsp3) is 0.182. The van der Waals surface area contributed by atoms with Crippen molar-refractivity contribution in [2.75, 3.05) is 0 Å². The number of allylic oxidation sites excluding steroid dienone is 1. The molecule has 0 aliphatic heterocycles. The van der Waals surface area contributed by atoms with Gasteiger partial charge >= 0.3 is 0 Å². The number of rotatable bonds is 2. The molecular formula is C11H13N3. The quantitative estimate of drug-likeness (QED) is 0.405. The molecule has 1 aromatic carbocycles. The molecule has 0 radical (unpaired) electrons. The SMILES string of the molecule is C/C=C\c1cc(C(=N)N=N)ccc1C. The van der Waals surface area contributed by atoms with E-state index >= 15 is 0 Å². The zero-order valence-corrected chi connectivity index (χ0v) is 8.33. The maximum atomic E-state index is 7.40. The Hall–Kier alpha value is -1.77. The van der Waals surface area contributed by atoms with Crippen LogP contribution in [0.15, 0.2) is 29.4 Å². The van der Waals surface area contributed by atoms with E-state index in [1.54, 1.807) is 0 Å². The van der Waals surface area contributed by atoms with Gasteiger partial charge in [-0.05, 0) is 31.0 Å². The number of nitrogens with one attached hydrogen (secondary N) is 2. The summed E-state index contributed by atoms with van der Waals surface area (Å²) < 4.78 is 0. The average molecular weight is 187 g/mol. The molecule has 72 valence electrons. The van der Waals surface area contributed by atoms with Crippen molar-refractivity contribution in [1.82, 2.24) is 0 Å². The summed E-state index contributed by atoms with van der Waals surface area (Å²) in [6.07, 6.45) is 3.93. The Morgan fingerprint density at radius 2 is 2.14 bits per heavy atom. The largest absolute Gasteiger partial charge is 0.281 e. The fourth-order valence-electron chi connectivity index (χ4n) is 1.21. The summed E-state index contributed by atoms with van der Waals surface area (Å²) in [5.74, 6) is -0.00393. The lowest BCUT2D eigenvalue weighted by Gasteiger charge is -2.03. The van der Waals surface area contributed by atoms with Crippen LogP contribution in [0.2, 0.25) is 0 Å². The molecule has 0 amide bonds. The maximum Gasteiger partial charge on any atom is 0.173 e. The predicted octanol–water partition coefficient (Wildman–Crippen LogP) is 3.38. The standard InChI is InChI=1S/C11H13N3/c1-3-4-9-7-10(11(12)14-13)6-5-8(9)2/h3-7,12-13H,1-2H3/b4-3-,12-11?,14-13?. The van der Waals surface area contributed by atoms with Crippen molar-refractivity contribution >= 4 is 11.9 Å². The molecule has 0 saturated heterocycles. The van der Waals surface area contributed by atoms with Gasteiger partial charge in [0.2, 0.25) is 0 Å². The Labute approximate surface area is 83.5 Å². The first kappa shape index (κ1) is 10.3. The molecule has 2 N–H and O–H groups in total. The molecular weight excluding hydrogens is 174 g/mol. The molecule has 0 spiro atoms. The summed E-state index contributed by atoms with van der Waals surface area (Å²) in [5.41, 5.74) is 9.66. The summed E-state index contributed by atoms with van der Waals surface area (Å²) >= 11 is 0. The second-order valence-electron chi connectivity index (χ2n) is 3.03. The minimum Gasteiger partial charge on any atom is -0.281 e. The highest BCUT2D eigenvalue weighted by atomic mass is 15.0. The molecule has 0 saturated carbocycles. The van der Waals surface area contributed by atoms with Crippen LogP contribution in [0, 0.1) is 17.9 Å². The molecule has 0 bridgehead atoms. The first-order valence-electron chi connectivity index (χ1n) is 4.38. The summed E-state index contributed by atoms with van der Waals surface area (Å²) in [6, 6.07) is 5.61. The van der Waals surface area contributed by atoms with E-state index in [2.05, 4.69) is 5.11 Å². The van der Waals surface area contributed by atoms with Gasteiger partial charge in [-0.2, -0.15) is 0 Å². The van der Waals surface area contributed by atoms with E-state index in [4.69, 9.17) is 10.9 Å². The molecule has 14 heavy (non-hydrogen) atoms. The van der Waals surface area contributed by atoms with E-state index in [-0.39, 0.29) is 5.84 Å². The number of hydrogen-bond donors (Lipinski definition) is 2. The van der Waals surface area contributed by atoms with Gasteiger partial charge in [0.25, 0.3) is 0 Å². The van der Waals surface area contributed by atoms with E-state index in [1.165, 1.54) is 0 Å². The van der Waals surface area contributed by atoms with Gasteiger partial charge in [-0.25, -0.2) is 5.53 Å². The molecule has 0 heterocycles. The van der Waals surface area contributed by atoms with Crippen LogP contribution in [0.1, 0.15) is 23.6 Å². The van der Waals surface area contributed by atoms with Crippen LogP contribution >= 0.6 is 0 Å². The van der Waals surface area contributed by atoms with E-state index in [0.717, 1.165) is 11.1 Å². The third kappa shape index (κ3) is 2.13. The zero-order valence-electron chi connectivity index (χ0n) is 8.33. The van der Waals surface area contributed by atoms with E-state index in [9.17, 15) is 0 Å². The number of amidine groups is 1. The second kappa shape index (κ2) is 4.46. The second-order valence-corrected chi connectivity index (χ2v) is 3.03. The molecule has 0 fully saturated rings. The highest BCUT2D eigenvalue weighted by Crippen LogP contribution is 2.13. The summed E-state index contributed by atoms with van der Waals surface area (Å²) in [4.78, 5) is 0. The van der Waals surface area contributed by atoms with Gasteiger partial charge in [-0.1, -0.05) is 24.3 Å². The lowest BCUT2D eigenvalue weighted by atomic mass is 10.0. The monoisotopic (exact) mass is 187 g/mol. The Bertz CT molecular complexity index is 392. The molecule has 1 aromatic rings. The maximum absolute atomic E-state index is 7.40. The van der Waals surface area contributed by atoms with Gasteiger partial charge in [0.05, 0.1) is 0 Å². The Kier molecular flexibility index (Phi) is 3.29. The van der Waals surface area contributed by atoms with Gasteiger partial charge in [-0.3, -0.25) is 5.41 Å². The predicted molar refractivity (Wildman–Crippen MR) is 57.9 cm³/mol. The summed E-state index contributed by atoms with van der Waals surface area (Å²) in [6.45, 7) is 3.97. The van der Waals surface area contributed by atoms with Crippen molar-refractivity contribution < 1.29 is 0 Å². The molecule has 1 rings (SSSR count). The lowest BCUT2D eigenvalue weighted by Crippen LogP contribution is -1.94. The third-order valence-corrected chi connectivity index (χ3v) is 2.01.